The Labute approximate surface area is 112 Å². The molecule has 1 saturated carbocycles. The van der Waals surface area contributed by atoms with Crippen LogP contribution in [0, 0.1) is 0 Å². The molecule has 1 aliphatic carbocycles. The van der Waals surface area contributed by atoms with E-state index in [1.165, 1.54) is 0 Å². The first-order chi connectivity index (χ1) is 8.71. The number of rotatable bonds is 5. The maximum absolute atomic E-state index is 12.2. The molecule has 0 aromatic carbocycles. The van der Waals surface area contributed by atoms with Crippen LogP contribution < -0.4 is 5.32 Å². The van der Waals surface area contributed by atoms with E-state index in [-0.39, 0.29) is 5.25 Å². The molecule has 2 aliphatic rings. The Kier molecular flexibility index (Phi) is 5.18. The van der Waals surface area contributed by atoms with Crippen molar-refractivity contribution in [3.05, 3.63) is 0 Å². The zero-order valence-electron chi connectivity index (χ0n) is 11.4. The van der Waals surface area contributed by atoms with Gasteiger partial charge in [-0.25, -0.2) is 0 Å². The van der Waals surface area contributed by atoms with E-state index in [9.17, 15) is 4.21 Å². The van der Waals surface area contributed by atoms with E-state index >= 15 is 0 Å². The maximum atomic E-state index is 12.2. The first-order valence-electron chi connectivity index (χ1n) is 7.09. The summed E-state index contributed by atoms with van der Waals surface area (Å²) < 4.78 is 23.8. The summed E-state index contributed by atoms with van der Waals surface area (Å²) in [4.78, 5) is 0. The lowest BCUT2D eigenvalue weighted by atomic mass is 9.89. The predicted octanol–water partition coefficient (Wildman–Crippen LogP) is 1.42. The van der Waals surface area contributed by atoms with Crippen molar-refractivity contribution in [3.8, 4) is 0 Å². The number of ether oxygens (including phenoxy) is 2. The van der Waals surface area contributed by atoms with Gasteiger partial charge in [-0.15, -0.1) is 0 Å². The van der Waals surface area contributed by atoms with E-state index in [1.54, 1.807) is 0 Å². The van der Waals surface area contributed by atoms with Crippen molar-refractivity contribution in [1.82, 2.24) is 5.32 Å². The highest BCUT2D eigenvalue weighted by Gasteiger charge is 2.46. The minimum atomic E-state index is -0.791. The topological polar surface area (TPSA) is 47.6 Å². The van der Waals surface area contributed by atoms with Gasteiger partial charge >= 0.3 is 0 Å². The summed E-state index contributed by atoms with van der Waals surface area (Å²) in [6.45, 7) is 6.50. The molecular formula is C13H25NO3S. The highest BCUT2D eigenvalue weighted by atomic mass is 32.2. The average molecular weight is 275 g/mol. The summed E-state index contributed by atoms with van der Waals surface area (Å²) in [6, 6.07) is 0.351. The second-order valence-electron chi connectivity index (χ2n) is 5.12. The van der Waals surface area contributed by atoms with Crippen LogP contribution >= 0.6 is 0 Å². The van der Waals surface area contributed by atoms with E-state index in [4.69, 9.17) is 9.47 Å². The summed E-state index contributed by atoms with van der Waals surface area (Å²) >= 11 is 0. The minimum Gasteiger partial charge on any atom is -0.347 e. The number of hydrogen-bond acceptors (Lipinski definition) is 4. The Morgan fingerprint density at radius 2 is 2.06 bits per heavy atom. The van der Waals surface area contributed by atoms with Crippen molar-refractivity contribution in [1.29, 1.82) is 0 Å². The van der Waals surface area contributed by atoms with Gasteiger partial charge in [0, 0.05) is 35.4 Å². The molecule has 106 valence electrons. The Morgan fingerprint density at radius 3 is 2.67 bits per heavy atom. The Morgan fingerprint density at radius 1 is 1.33 bits per heavy atom. The van der Waals surface area contributed by atoms with Crippen molar-refractivity contribution in [3.63, 3.8) is 0 Å². The van der Waals surface area contributed by atoms with Gasteiger partial charge < -0.3 is 14.8 Å². The lowest BCUT2D eigenvalue weighted by Gasteiger charge is -2.40. The van der Waals surface area contributed by atoms with Crippen LogP contribution in [0.3, 0.4) is 0 Å². The smallest absolute Gasteiger partial charge is 0.169 e. The van der Waals surface area contributed by atoms with Crippen LogP contribution in [0.15, 0.2) is 0 Å². The van der Waals surface area contributed by atoms with Crippen LogP contribution in [-0.4, -0.2) is 46.8 Å². The molecule has 18 heavy (non-hydrogen) atoms. The third-order valence-corrected chi connectivity index (χ3v) is 5.63. The van der Waals surface area contributed by atoms with Crippen molar-refractivity contribution < 1.29 is 13.7 Å². The normalized spacial score (nSPS) is 32.8. The molecule has 3 unspecified atom stereocenters. The third-order valence-electron chi connectivity index (χ3n) is 3.89. The second kappa shape index (κ2) is 6.46. The van der Waals surface area contributed by atoms with E-state index in [1.807, 2.05) is 6.92 Å². The van der Waals surface area contributed by atoms with Crippen LogP contribution in [0.25, 0.3) is 0 Å². The third kappa shape index (κ3) is 3.13. The Bertz CT molecular complexity index is 292. The molecule has 5 heteroatoms. The number of hydrogen-bond donors (Lipinski definition) is 1. The quantitative estimate of drug-likeness (QED) is 0.824. The lowest BCUT2D eigenvalue weighted by Crippen LogP contribution is -2.53. The van der Waals surface area contributed by atoms with Gasteiger partial charge in [-0.1, -0.05) is 13.8 Å². The zero-order valence-corrected chi connectivity index (χ0v) is 12.3. The first-order valence-corrected chi connectivity index (χ1v) is 8.47. The summed E-state index contributed by atoms with van der Waals surface area (Å²) in [7, 11) is -0.791. The molecule has 0 aromatic heterocycles. The molecule has 2 rings (SSSR count). The lowest BCUT2D eigenvalue weighted by molar-refractivity contribution is -0.178. The summed E-state index contributed by atoms with van der Waals surface area (Å²) in [5.74, 6) is 0.283. The monoisotopic (exact) mass is 275 g/mol. The van der Waals surface area contributed by atoms with Gasteiger partial charge in [0.05, 0.1) is 18.5 Å². The predicted molar refractivity (Wildman–Crippen MR) is 73.0 cm³/mol. The second-order valence-corrected chi connectivity index (χ2v) is 7.06. The Balaban J connectivity index is 2.02. The van der Waals surface area contributed by atoms with Crippen LogP contribution in [0.1, 0.15) is 39.5 Å². The van der Waals surface area contributed by atoms with Crippen molar-refractivity contribution in [2.45, 2.75) is 56.6 Å². The van der Waals surface area contributed by atoms with Crippen molar-refractivity contribution in [2.75, 3.05) is 25.5 Å². The van der Waals surface area contributed by atoms with E-state index in [0.717, 1.165) is 32.2 Å². The summed E-state index contributed by atoms with van der Waals surface area (Å²) in [5, 5.41) is 3.70. The molecule has 1 heterocycles. The highest BCUT2D eigenvalue weighted by molar-refractivity contribution is 7.85. The Hall–Kier alpha value is 0.0300. The first kappa shape index (κ1) is 14.4. The molecule has 0 amide bonds. The highest BCUT2D eigenvalue weighted by Crippen LogP contribution is 2.37. The van der Waals surface area contributed by atoms with Crippen LogP contribution in [0.2, 0.25) is 0 Å². The molecule has 4 nitrogen and oxygen atoms in total. The SMILES string of the molecule is CCCNC1CCC2(CC1S(=O)CC)OCCO2. The summed E-state index contributed by atoms with van der Waals surface area (Å²) in [5.41, 5.74) is 0. The minimum absolute atomic E-state index is 0.161. The molecule has 1 aliphatic heterocycles. The molecular weight excluding hydrogens is 250 g/mol. The average Bonchev–Trinajstić information content (AvgIpc) is 2.85. The van der Waals surface area contributed by atoms with Gasteiger partial charge in [0.25, 0.3) is 0 Å². The molecule has 3 atom stereocenters. The van der Waals surface area contributed by atoms with Gasteiger partial charge in [0.15, 0.2) is 5.79 Å². The van der Waals surface area contributed by atoms with E-state index in [2.05, 4.69) is 12.2 Å². The molecule has 1 saturated heterocycles. The van der Waals surface area contributed by atoms with Gasteiger partial charge in [-0.2, -0.15) is 0 Å². The molecule has 0 aromatic rings. The van der Waals surface area contributed by atoms with Crippen LogP contribution in [0.4, 0.5) is 0 Å². The van der Waals surface area contributed by atoms with Crippen molar-refractivity contribution in [2.24, 2.45) is 0 Å². The molecule has 2 fully saturated rings. The van der Waals surface area contributed by atoms with Gasteiger partial charge in [-0.3, -0.25) is 4.21 Å². The largest absolute Gasteiger partial charge is 0.347 e. The fraction of sp³-hybridized carbons (Fsp3) is 1.00. The molecule has 0 bridgehead atoms. The van der Waals surface area contributed by atoms with Gasteiger partial charge in [0.2, 0.25) is 0 Å². The molecule has 1 spiro atoms. The maximum Gasteiger partial charge on any atom is 0.169 e. The molecule has 0 radical (unpaired) electrons. The number of nitrogens with one attached hydrogen (secondary N) is 1. The zero-order chi connectivity index (χ0) is 13.0. The van der Waals surface area contributed by atoms with E-state index in [0.29, 0.717) is 25.0 Å². The van der Waals surface area contributed by atoms with Crippen LogP contribution in [-0.2, 0) is 20.3 Å². The van der Waals surface area contributed by atoms with Crippen molar-refractivity contribution >= 4 is 10.8 Å². The summed E-state index contributed by atoms with van der Waals surface area (Å²) in [6.07, 6.45) is 3.80. The molecule has 1 N–H and O–H groups in total. The standard InChI is InChI=1S/C13H25NO3S/c1-3-7-14-11-5-6-13(16-8-9-17-13)10-12(11)18(15)4-2/h11-12,14H,3-10H2,1-2H3. The van der Waals surface area contributed by atoms with E-state index < -0.39 is 16.6 Å². The fourth-order valence-electron chi connectivity index (χ4n) is 2.92. The van der Waals surface area contributed by atoms with Gasteiger partial charge in [0.1, 0.15) is 0 Å². The fourth-order valence-corrected chi connectivity index (χ4v) is 4.39. The van der Waals surface area contributed by atoms with Gasteiger partial charge in [-0.05, 0) is 19.4 Å². The van der Waals surface area contributed by atoms with Crippen LogP contribution in [0.5, 0.6) is 0 Å².